The molecular formula is C25H25ClN2O4. The highest BCUT2D eigenvalue weighted by molar-refractivity contribution is 6.32. The number of methoxy groups -OCH3 is 1. The minimum atomic E-state index is -0.230. The van der Waals surface area contributed by atoms with Gasteiger partial charge in [0.25, 0.3) is 0 Å². The number of halogens is 1. The van der Waals surface area contributed by atoms with Crippen LogP contribution in [0, 0.1) is 0 Å². The van der Waals surface area contributed by atoms with Gasteiger partial charge in [-0.3, -0.25) is 4.79 Å². The van der Waals surface area contributed by atoms with Gasteiger partial charge in [0.15, 0.2) is 11.5 Å². The van der Waals surface area contributed by atoms with Gasteiger partial charge >= 0.3 is 0 Å². The molecule has 6 nitrogen and oxygen atoms in total. The third kappa shape index (κ3) is 6.75. The van der Waals surface area contributed by atoms with Crippen molar-refractivity contribution in [2.24, 2.45) is 5.10 Å². The molecule has 3 aromatic carbocycles. The maximum absolute atomic E-state index is 12.2. The van der Waals surface area contributed by atoms with Crippen LogP contribution in [0.3, 0.4) is 0 Å². The number of hydrogen-bond donors (Lipinski definition) is 1. The summed E-state index contributed by atoms with van der Waals surface area (Å²) in [7, 11) is 1.54. The Bertz CT molecular complexity index is 1050. The van der Waals surface area contributed by atoms with Crippen LogP contribution < -0.4 is 19.6 Å². The highest BCUT2D eigenvalue weighted by Crippen LogP contribution is 2.36. The number of carbonyl (C=O) groups excluding carboxylic acids is 1. The molecular weight excluding hydrogens is 428 g/mol. The predicted octanol–water partition coefficient (Wildman–Crippen LogP) is 5.02. The molecule has 32 heavy (non-hydrogen) atoms. The van der Waals surface area contributed by atoms with Crippen LogP contribution in [0.15, 0.2) is 71.8 Å². The number of hydrogen-bond acceptors (Lipinski definition) is 5. The molecule has 1 N–H and O–H groups in total. The van der Waals surface area contributed by atoms with E-state index in [1.807, 2.05) is 61.5 Å². The Labute approximate surface area is 192 Å². The van der Waals surface area contributed by atoms with E-state index in [4.69, 9.17) is 25.8 Å². The number of nitrogens with one attached hydrogen (secondary N) is 1. The Kier molecular flexibility index (Phi) is 8.52. The zero-order chi connectivity index (χ0) is 22.8. The predicted molar refractivity (Wildman–Crippen MR) is 126 cm³/mol. The van der Waals surface area contributed by atoms with E-state index < -0.39 is 0 Å². The summed E-state index contributed by atoms with van der Waals surface area (Å²) in [6.45, 7) is 2.89. The molecule has 7 heteroatoms. The molecule has 1 amide bonds. The van der Waals surface area contributed by atoms with Gasteiger partial charge in [0, 0.05) is 0 Å². The molecule has 3 aromatic rings. The van der Waals surface area contributed by atoms with E-state index in [-0.39, 0.29) is 12.3 Å². The Morgan fingerprint density at radius 2 is 1.78 bits per heavy atom. The molecule has 0 radical (unpaired) electrons. The summed E-state index contributed by atoms with van der Waals surface area (Å²) in [5.41, 5.74) is 5.08. The minimum absolute atomic E-state index is 0.208. The number of rotatable bonds is 10. The van der Waals surface area contributed by atoms with Gasteiger partial charge in [-0.05, 0) is 47.9 Å². The molecule has 0 unspecified atom stereocenters. The summed E-state index contributed by atoms with van der Waals surface area (Å²) in [5, 5.41) is 4.41. The van der Waals surface area contributed by atoms with Gasteiger partial charge in [-0.25, -0.2) is 5.43 Å². The van der Waals surface area contributed by atoms with Gasteiger partial charge in [0.2, 0.25) is 5.91 Å². The lowest BCUT2D eigenvalue weighted by molar-refractivity contribution is -0.120. The van der Waals surface area contributed by atoms with Crippen molar-refractivity contribution in [3.05, 3.63) is 88.4 Å². The number of ether oxygens (including phenoxy) is 3. The molecule has 0 bridgehead atoms. The molecule has 166 valence electrons. The molecule has 0 aliphatic carbocycles. The summed E-state index contributed by atoms with van der Waals surface area (Å²) in [6.07, 6.45) is 1.71. The highest BCUT2D eigenvalue weighted by Gasteiger charge is 2.12. The molecule has 0 aliphatic heterocycles. The smallest absolute Gasteiger partial charge is 0.244 e. The standard InChI is InChI=1S/C25H25ClN2O4/c1-3-31-21-11-9-18(10-12-21)15-24(29)28-27-16-20-13-22(26)25(23(14-20)30-2)32-17-19-7-5-4-6-8-19/h4-14,16H,3,15,17H2,1-2H3,(H,28,29)/b27-16-. The first kappa shape index (κ1) is 23.2. The van der Waals surface area contributed by atoms with Crippen molar-refractivity contribution < 1.29 is 19.0 Å². The monoisotopic (exact) mass is 452 g/mol. The van der Waals surface area contributed by atoms with Crippen LogP contribution in [-0.2, 0) is 17.8 Å². The van der Waals surface area contributed by atoms with Crippen LogP contribution in [0.2, 0.25) is 5.02 Å². The molecule has 0 spiro atoms. The molecule has 0 heterocycles. The summed E-state index contributed by atoms with van der Waals surface area (Å²) in [6, 6.07) is 20.6. The Morgan fingerprint density at radius 3 is 2.47 bits per heavy atom. The van der Waals surface area contributed by atoms with Crippen LogP contribution in [-0.4, -0.2) is 25.8 Å². The van der Waals surface area contributed by atoms with Crippen LogP contribution >= 0.6 is 11.6 Å². The zero-order valence-electron chi connectivity index (χ0n) is 18.0. The van der Waals surface area contributed by atoms with Crippen LogP contribution in [0.1, 0.15) is 23.6 Å². The third-order valence-electron chi connectivity index (χ3n) is 4.48. The van der Waals surface area contributed by atoms with Gasteiger partial charge in [-0.1, -0.05) is 54.1 Å². The summed E-state index contributed by atoms with van der Waals surface area (Å²) < 4.78 is 16.7. The van der Waals surface area contributed by atoms with Crippen molar-refractivity contribution >= 4 is 23.7 Å². The van der Waals surface area contributed by atoms with Crippen molar-refractivity contribution in [3.63, 3.8) is 0 Å². The lowest BCUT2D eigenvalue weighted by atomic mass is 10.1. The first-order valence-electron chi connectivity index (χ1n) is 10.2. The normalized spacial score (nSPS) is 10.7. The van der Waals surface area contributed by atoms with Crippen molar-refractivity contribution in [2.75, 3.05) is 13.7 Å². The molecule has 0 saturated carbocycles. The average Bonchev–Trinajstić information content (AvgIpc) is 2.80. The number of carbonyl (C=O) groups is 1. The van der Waals surface area contributed by atoms with Crippen molar-refractivity contribution in [2.45, 2.75) is 20.0 Å². The van der Waals surface area contributed by atoms with Gasteiger partial charge in [-0.15, -0.1) is 0 Å². The average molecular weight is 453 g/mol. The first-order chi connectivity index (χ1) is 15.6. The third-order valence-corrected chi connectivity index (χ3v) is 4.76. The zero-order valence-corrected chi connectivity index (χ0v) is 18.8. The second kappa shape index (κ2) is 11.8. The molecule has 0 fully saturated rings. The lowest BCUT2D eigenvalue weighted by Gasteiger charge is -2.13. The second-order valence-corrected chi connectivity index (χ2v) is 7.26. The largest absolute Gasteiger partial charge is 0.494 e. The van der Waals surface area contributed by atoms with Crippen molar-refractivity contribution in [3.8, 4) is 17.2 Å². The molecule has 0 atom stereocenters. The van der Waals surface area contributed by atoms with Gasteiger partial charge in [0.1, 0.15) is 12.4 Å². The number of benzene rings is 3. The lowest BCUT2D eigenvalue weighted by Crippen LogP contribution is -2.19. The van der Waals surface area contributed by atoms with Gasteiger partial charge < -0.3 is 14.2 Å². The fraction of sp³-hybridized carbons (Fsp3) is 0.200. The number of amides is 1. The highest BCUT2D eigenvalue weighted by atomic mass is 35.5. The van der Waals surface area contributed by atoms with E-state index in [0.29, 0.717) is 35.3 Å². The Morgan fingerprint density at radius 1 is 1.03 bits per heavy atom. The molecule has 0 saturated heterocycles. The van der Waals surface area contributed by atoms with Crippen molar-refractivity contribution in [1.29, 1.82) is 0 Å². The van der Waals surface area contributed by atoms with E-state index in [9.17, 15) is 4.79 Å². The van der Waals surface area contributed by atoms with E-state index in [2.05, 4.69) is 10.5 Å². The number of nitrogens with zero attached hydrogens (tertiary/aromatic N) is 1. The van der Waals surface area contributed by atoms with Gasteiger partial charge in [-0.2, -0.15) is 5.10 Å². The van der Waals surface area contributed by atoms with E-state index in [1.54, 1.807) is 19.2 Å². The quantitative estimate of drug-likeness (QED) is 0.346. The van der Waals surface area contributed by atoms with Crippen LogP contribution in [0.4, 0.5) is 0 Å². The Balaban J connectivity index is 1.58. The van der Waals surface area contributed by atoms with Gasteiger partial charge in [0.05, 0.1) is 31.4 Å². The molecule has 0 aromatic heterocycles. The Hall–Kier alpha value is -3.51. The summed E-state index contributed by atoms with van der Waals surface area (Å²) in [4.78, 5) is 12.2. The maximum Gasteiger partial charge on any atom is 0.244 e. The van der Waals surface area contributed by atoms with E-state index in [1.165, 1.54) is 6.21 Å². The topological polar surface area (TPSA) is 69.2 Å². The second-order valence-electron chi connectivity index (χ2n) is 6.86. The molecule has 0 aliphatic rings. The number of hydrazone groups is 1. The first-order valence-corrected chi connectivity index (χ1v) is 10.5. The summed E-state index contributed by atoms with van der Waals surface area (Å²) >= 11 is 6.40. The minimum Gasteiger partial charge on any atom is -0.494 e. The van der Waals surface area contributed by atoms with E-state index in [0.717, 1.165) is 16.9 Å². The van der Waals surface area contributed by atoms with Crippen LogP contribution in [0.5, 0.6) is 17.2 Å². The fourth-order valence-corrected chi connectivity index (χ4v) is 3.23. The van der Waals surface area contributed by atoms with E-state index >= 15 is 0 Å². The van der Waals surface area contributed by atoms with Crippen molar-refractivity contribution in [1.82, 2.24) is 5.43 Å². The maximum atomic E-state index is 12.2. The van der Waals surface area contributed by atoms with Crippen LogP contribution in [0.25, 0.3) is 0 Å². The summed E-state index contributed by atoms with van der Waals surface area (Å²) in [5.74, 6) is 1.48. The molecule has 3 rings (SSSR count). The SMILES string of the molecule is CCOc1ccc(CC(=O)N/N=C\c2cc(Cl)c(OCc3ccccc3)c(OC)c2)cc1. The fourth-order valence-electron chi connectivity index (χ4n) is 2.96.